The van der Waals surface area contributed by atoms with Gasteiger partial charge in [-0.25, -0.2) is 0 Å². The van der Waals surface area contributed by atoms with Crippen LogP contribution < -0.4 is 5.73 Å². The standard InChI is InChI=1S/C21H30N2O2/c1-19(2,3)13-6-8-21(9-7-13)14(12-22)18(23)25-16-11-20(4,5)10-15(24)17(16)21/h13H,6-11,23H2,1-5H3. The van der Waals surface area contributed by atoms with Gasteiger partial charge in [-0.1, -0.05) is 34.6 Å². The van der Waals surface area contributed by atoms with Crippen LogP contribution in [0.4, 0.5) is 0 Å². The highest BCUT2D eigenvalue weighted by molar-refractivity contribution is 5.99. The molecule has 0 aromatic rings. The first-order valence-corrected chi connectivity index (χ1v) is 9.35. The lowest BCUT2D eigenvalue weighted by molar-refractivity contribution is -0.120. The molecule has 3 aliphatic rings. The SMILES string of the molecule is CC1(C)CC(=O)C2=C(C1)OC(N)=C(C#N)C21CCC(C(C)(C)C)CC1. The minimum Gasteiger partial charge on any atom is -0.444 e. The molecule has 3 rings (SSSR count). The predicted molar refractivity (Wildman–Crippen MR) is 96.8 cm³/mol. The van der Waals surface area contributed by atoms with E-state index in [1.54, 1.807) is 0 Å². The number of ketones is 1. The maximum absolute atomic E-state index is 13.1. The van der Waals surface area contributed by atoms with E-state index in [4.69, 9.17) is 10.5 Å². The summed E-state index contributed by atoms with van der Waals surface area (Å²) in [5.41, 5.74) is 6.97. The Morgan fingerprint density at radius 3 is 2.32 bits per heavy atom. The van der Waals surface area contributed by atoms with Crippen molar-refractivity contribution >= 4 is 5.78 Å². The Bertz CT molecular complexity index is 705. The second-order valence-corrected chi connectivity index (χ2v) is 9.91. The van der Waals surface area contributed by atoms with Crippen LogP contribution in [-0.4, -0.2) is 5.78 Å². The Morgan fingerprint density at radius 2 is 1.80 bits per heavy atom. The number of rotatable bonds is 0. The van der Waals surface area contributed by atoms with E-state index < -0.39 is 5.41 Å². The van der Waals surface area contributed by atoms with Gasteiger partial charge >= 0.3 is 0 Å². The van der Waals surface area contributed by atoms with E-state index in [1.165, 1.54) is 0 Å². The van der Waals surface area contributed by atoms with Crippen molar-refractivity contribution in [3.63, 3.8) is 0 Å². The number of Topliss-reactive ketones (excluding diaryl/α,β-unsaturated/α-hetero) is 1. The summed E-state index contributed by atoms with van der Waals surface area (Å²) < 4.78 is 5.82. The summed E-state index contributed by atoms with van der Waals surface area (Å²) in [5.74, 6) is 1.66. The monoisotopic (exact) mass is 342 g/mol. The minimum absolute atomic E-state index is 0.121. The average molecular weight is 342 g/mol. The van der Waals surface area contributed by atoms with Gasteiger partial charge in [0.05, 0.1) is 0 Å². The molecule has 2 N–H and O–H groups in total. The lowest BCUT2D eigenvalue weighted by atomic mass is 9.56. The molecule has 0 aromatic heterocycles. The molecule has 1 aliphatic heterocycles. The highest BCUT2D eigenvalue weighted by Gasteiger charge is 2.53. The normalized spacial score (nSPS) is 32.3. The first kappa shape index (κ1) is 18.0. The number of hydrogen-bond donors (Lipinski definition) is 1. The van der Waals surface area contributed by atoms with Gasteiger partial charge in [0.25, 0.3) is 0 Å². The van der Waals surface area contributed by atoms with Crippen LogP contribution in [0.3, 0.4) is 0 Å². The van der Waals surface area contributed by atoms with Crippen LogP contribution in [0.5, 0.6) is 0 Å². The quantitative estimate of drug-likeness (QED) is 0.699. The van der Waals surface area contributed by atoms with Crippen LogP contribution in [-0.2, 0) is 9.53 Å². The number of carbonyl (C=O) groups is 1. The van der Waals surface area contributed by atoms with Gasteiger partial charge in [-0.3, -0.25) is 4.79 Å². The third kappa shape index (κ3) is 2.88. The van der Waals surface area contributed by atoms with Crippen molar-refractivity contribution in [3.8, 4) is 6.07 Å². The first-order chi connectivity index (χ1) is 11.5. The van der Waals surface area contributed by atoms with E-state index in [1.807, 2.05) is 0 Å². The number of fused-ring (bicyclic) bond motifs is 1. The molecule has 0 unspecified atom stereocenters. The smallest absolute Gasteiger partial charge is 0.205 e. The molecule has 1 heterocycles. The van der Waals surface area contributed by atoms with Crippen LogP contribution in [0.15, 0.2) is 22.8 Å². The van der Waals surface area contributed by atoms with Gasteiger partial charge in [-0.2, -0.15) is 5.26 Å². The second-order valence-electron chi connectivity index (χ2n) is 9.91. The molecular formula is C21H30N2O2. The number of carbonyl (C=O) groups excluding carboxylic acids is 1. The summed E-state index contributed by atoms with van der Waals surface area (Å²) in [6.45, 7) is 11.0. The van der Waals surface area contributed by atoms with E-state index in [9.17, 15) is 10.1 Å². The maximum atomic E-state index is 13.1. The Kier molecular flexibility index (Phi) is 4.06. The fraction of sp³-hybridized carbons (Fsp3) is 0.714. The van der Waals surface area contributed by atoms with Gasteiger partial charge < -0.3 is 10.5 Å². The molecule has 2 aliphatic carbocycles. The van der Waals surface area contributed by atoms with Crippen molar-refractivity contribution in [1.82, 2.24) is 0 Å². The van der Waals surface area contributed by atoms with Crippen LogP contribution in [0, 0.1) is 33.5 Å². The van der Waals surface area contributed by atoms with Crippen LogP contribution in [0.25, 0.3) is 0 Å². The molecule has 25 heavy (non-hydrogen) atoms. The number of ether oxygens (including phenoxy) is 1. The van der Waals surface area contributed by atoms with Crippen molar-refractivity contribution in [1.29, 1.82) is 5.26 Å². The number of nitriles is 1. The van der Waals surface area contributed by atoms with E-state index in [0.717, 1.165) is 31.3 Å². The van der Waals surface area contributed by atoms with Crippen LogP contribution >= 0.6 is 0 Å². The third-order valence-electron chi connectivity index (χ3n) is 6.45. The molecule has 1 spiro atoms. The average Bonchev–Trinajstić information content (AvgIpc) is 2.44. The summed E-state index contributed by atoms with van der Waals surface area (Å²) >= 11 is 0. The van der Waals surface area contributed by atoms with Gasteiger partial charge in [0.1, 0.15) is 17.4 Å². The molecule has 0 saturated heterocycles. The van der Waals surface area contributed by atoms with Crippen molar-refractivity contribution in [2.75, 3.05) is 0 Å². The van der Waals surface area contributed by atoms with E-state index in [0.29, 0.717) is 30.1 Å². The zero-order chi connectivity index (χ0) is 18.6. The largest absolute Gasteiger partial charge is 0.444 e. The molecule has 4 nitrogen and oxygen atoms in total. The Morgan fingerprint density at radius 1 is 1.20 bits per heavy atom. The van der Waals surface area contributed by atoms with Crippen LogP contribution in [0.2, 0.25) is 0 Å². The van der Waals surface area contributed by atoms with Gasteiger partial charge in [-0.15, -0.1) is 0 Å². The minimum atomic E-state index is -0.526. The topological polar surface area (TPSA) is 76.1 Å². The third-order valence-corrected chi connectivity index (χ3v) is 6.45. The Balaban J connectivity index is 2.06. The van der Waals surface area contributed by atoms with E-state index in [-0.39, 0.29) is 22.5 Å². The molecule has 0 radical (unpaired) electrons. The van der Waals surface area contributed by atoms with Crippen LogP contribution in [0.1, 0.15) is 73.1 Å². The van der Waals surface area contributed by atoms with Crippen molar-refractivity contribution in [2.45, 2.75) is 73.1 Å². The summed E-state index contributed by atoms with van der Waals surface area (Å²) in [6.07, 6.45) is 4.86. The Labute approximate surface area is 151 Å². The van der Waals surface area contributed by atoms with Crippen molar-refractivity contribution in [3.05, 3.63) is 22.8 Å². The number of hydrogen-bond acceptors (Lipinski definition) is 4. The van der Waals surface area contributed by atoms with E-state index in [2.05, 4.69) is 40.7 Å². The highest BCUT2D eigenvalue weighted by atomic mass is 16.5. The fourth-order valence-electron chi connectivity index (χ4n) is 5.07. The van der Waals surface area contributed by atoms with E-state index >= 15 is 0 Å². The van der Waals surface area contributed by atoms with Gasteiger partial charge in [-0.05, 0) is 42.4 Å². The molecule has 0 aromatic carbocycles. The molecule has 0 atom stereocenters. The molecule has 1 saturated carbocycles. The summed E-state index contributed by atoms with van der Waals surface area (Å²) in [7, 11) is 0. The fourth-order valence-corrected chi connectivity index (χ4v) is 5.07. The lowest BCUT2D eigenvalue weighted by Crippen LogP contribution is -2.44. The van der Waals surface area contributed by atoms with Crippen molar-refractivity contribution in [2.24, 2.45) is 27.9 Å². The number of nitrogens with zero attached hydrogens (tertiary/aromatic N) is 1. The zero-order valence-corrected chi connectivity index (χ0v) is 16.2. The molecule has 4 heteroatoms. The van der Waals surface area contributed by atoms with Crippen molar-refractivity contribution < 1.29 is 9.53 Å². The molecule has 0 amide bonds. The Hall–Kier alpha value is -1.76. The molecule has 0 bridgehead atoms. The predicted octanol–water partition coefficient (Wildman–Crippen LogP) is 4.58. The van der Waals surface area contributed by atoms with Gasteiger partial charge in [0.15, 0.2) is 5.78 Å². The van der Waals surface area contributed by atoms with Gasteiger partial charge in [0, 0.05) is 23.8 Å². The highest BCUT2D eigenvalue weighted by Crippen LogP contribution is 2.58. The van der Waals surface area contributed by atoms with Gasteiger partial charge in [0.2, 0.25) is 5.88 Å². The summed E-state index contributed by atoms with van der Waals surface area (Å²) in [4.78, 5) is 13.1. The summed E-state index contributed by atoms with van der Waals surface area (Å²) in [6, 6.07) is 2.29. The molecule has 136 valence electrons. The first-order valence-electron chi connectivity index (χ1n) is 9.35. The molecule has 1 fully saturated rings. The number of nitrogens with two attached hydrogens (primary N) is 1. The zero-order valence-electron chi connectivity index (χ0n) is 16.2. The second kappa shape index (κ2) is 5.62. The summed E-state index contributed by atoms with van der Waals surface area (Å²) in [5, 5.41) is 9.78. The molecular weight excluding hydrogens is 312 g/mol. The maximum Gasteiger partial charge on any atom is 0.205 e. The number of allylic oxidation sites excluding steroid dienone is 3. The lowest BCUT2D eigenvalue weighted by Gasteiger charge is -2.48.